The van der Waals surface area contributed by atoms with Crippen LogP contribution in [0.2, 0.25) is 0 Å². The highest BCUT2D eigenvalue weighted by atomic mass is 16.2. The second kappa shape index (κ2) is 7.24. The third-order valence-corrected chi connectivity index (χ3v) is 6.94. The Morgan fingerprint density at radius 2 is 1.86 bits per heavy atom. The minimum absolute atomic E-state index is 0.0538. The minimum Gasteiger partial charge on any atom is -0.323 e. The second-order valence-corrected chi connectivity index (χ2v) is 8.86. The number of amides is 3. The summed E-state index contributed by atoms with van der Waals surface area (Å²) in [5, 5.41) is 14.8. The van der Waals surface area contributed by atoms with Gasteiger partial charge in [-0.1, -0.05) is 45.4 Å². The number of nitrogens with zero attached hydrogens (tertiary/aromatic N) is 5. The molecular weight excluding hydrogens is 368 g/mol. The highest BCUT2D eigenvalue weighted by Gasteiger charge is 2.53. The molecule has 8 nitrogen and oxygen atoms in total. The van der Waals surface area contributed by atoms with E-state index in [1.807, 2.05) is 30.3 Å². The van der Waals surface area contributed by atoms with Crippen molar-refractivity contribution < 1.29 is 9.59 Å². The molecule has 1 spiro atoms. The molecule has 3 amide bonds. The largest absolute Gasteiger partial charge is 0.325 e. The van der Waals surface area contributed by atoms with Crippen LogP contribution in [-0.4, -0.2) is 42.6 Å². The van der Waals surface area contributed by atoms with Crippen molar-refractivity contribution in [2.24, 2.45) is 11.3 Å². The Labute approximate surface area is 170 Å². The molecule has 2 heterocycles. The predicted molar refractivity (Wildman–Crippen MR) is 107 cm³/mol. The molecule has 8 heteroatoms. The molecule has 1 aromatic heterocycles. The van der Waals surface area contributed by atoms with Crippen LogP contribution < -0.4 is 5.32 Å². The Morgan fingerprint density at radius 3 is 2.52 bits per heavy atom. The van der Waals surface area contributed by atoms with E-state index in [1.54, 1.807) is 4.68 Å². The molecule has 1 saturated heterocycles. The van der Waals surface area contributed by atoms with E-state index >= 15 is 0 Å². The van der Waals surface area contributed by atoms with Gasteiger partial charge in [0.15, 0.2) is 5.82 Å². The van der Waals surface area contributed by atoms with E-state index in [9.17, 15) is 9.59 Å². The lowest BCUT2D eigenvalue weighted by Crippen LogP contribution is -2.50. The molecule has 1 aliphatic carbocycles. The Morgan fingerprint density at radius 1 is 1.17 bits per heavy atom. The molecule has 154 valence electrons. The van der Waals surface area contributed by atoms with Gasteiger partial charge in [-0.2, -0.15) is 4.68 Å². The third kappa shape index (κ3) is 3.41. The molecule has 29 heavy (non-hydrogen) atoms. The summed E-state index contributed by atoms with van der Waals surface area (Å²) < 4.78 is 1.56. The zero-order chi connectivity index (χ0) is 20.6. The van der Waals surface area contributed by atoms with Gasteiger partial charge in [-0.15, -0.1) is 5.10 Å². The number of carbonyl (C=O) groups is 2. The Kier molecular flexibility index (Phi) is 4.88. The molecular formula is C21H28N6O2. The summed E-state index contributed by atoms with van der Waals surface area (Å²) in [5.74, 6) is 0.873. The molecule has 0 atom stereocenters. The number of para-hydroxylation sites is 1. The summed E-state index contributed by atoms with van der Waals surface area (Å²) >= 11 is 0. The number of nitrogens with one attached hydrogen (secondary N) is 1. The average Bonchev–Trinajstić information content (AvgIpc) is 3.28. The van der Waals surface area contributed by atoms with Crippen molar-refractivity contribution in [2.75, 3.05) is 0 Å². The molecule has 2 fully saturated rings. The average molecular weight is 396 g/mol. The molecule has 0 bridgehead atoms. The van der Waals surface area contributed by atoms with E-state index in [4.69, 9.17) is 0 Å². The maximum absolute atomic E-state index is 13.3. The number of rotatable bonds is 5. The summed E-state index contributed by atoms with van der Waals surface area (Å²) in [4.78, 5) is 27.2. The van der Waals surface area contributed by atoms with Crippen LogP contribution in [0.4, 0.5) is 4.79 Å². The van der Waals surface area contributed by atoms with Crippen molar-refractivity contribution in [3.8, 4) is 5.69 Å². The van der Waals surface area contributed by atoms with Crippen LogP contribution in [-0.2, 0) is 11.3 Å². The molecule has 2 aromatic rings. The number of carbonyl (C=O) groups excluding carboxylic acids is 2. The number of hydrogen-bond acceptors (Lipinski definition) is 5. The van der Waals surface area contributed by atoms with Gasteiger partial charge in [-0.25, -0.2) is 4.79 Å². The number of benzene rings is 1. The Bertz CT molecular complexity index is 899. The van der Waals surface area contributed by atoms with Gasteiger partial charge in [-0.3, -0.25) is 9.69 Å². The quantitative estimate of drug-likeness (QED) is 0.784. The molecule has 4 rings (SSSR count). The van der Waals surface area contributed by atoms with Crippen LogP contribution in [0.5, 0.6) is 0 Å². The first kappa shape index (κ1) is 19.5. The van der Waals surface area contributed by atoms with E-state index in [0.717, 1.165) is 24.9 Å². The first-order valence-corrected chi connectivity index (χ1v) is 10.3. The molecule has 2 aliphatic rings. The van der Waals surface area contributed by atoms with E-state index in [0.29, 0.717) is 24.6 Å². The first-order chi connectivity index (χ1) is 13.9. The zero-order valence-corrected chi connectivity index (χ0v) is 17.3. The molecule has 0 radical (unpaired) electrons. The number of imide groups is 1. The summed E-state index contributed by atoms with van der Waals surface area (Å²) in [6.45, 7) is 6.85. The Hall–Kier alpha value is -2.77. The summed E-state index contributed by atoms with van der Waals surface area (Å²) in [5.41, 5.74) is 0.268. The maximum atomic E-state index is 13.3. The number of hydrogen-bond donors (Lipinski definition) is 1. The molecule has 1 aromatic carbocycles. The molecule has 0 unspecified atom stereocenters. The number of aromatic nitrogens is 4. The van der Waals surface area contributed by atoms with Crippen LogP contribution in [0.1, 0.15) is 58.7 Å². The lowest BCUT2D eigenvalue weighted by Gasteiger charge is -2.42. The molecule has 1 aliphatic heterocycles. The smallest absolute Gasteiger partial charge is 0.323 e. The van der Waals surface area contributed by atoms with E-state index < -0.39 is 5.54 Å². The topological polar surface area (TPSA) is 93.0 Å². The van der Waals surface area contributed by atoms with Gasteiger partial charge in [0.05, 0.1) is 12.2 Å². The molecule has 1 saturated carbocycles. The fourth-order valence-electron chi connectivity index (χ4n) is 4.55. The van der Waals surface area contributed by atoms with E-state index in [-0.39, 0.29) is 23.9 Å². The Balaban J connectivity index is 1.50. The van der Waals surface area contributed by atoms with Gasteiger partial charge in [-0.05, 0) is 59.6 Å². The first-order valence-electron chi connectivity index (χ1n) is 10.3. The van der Waals surface area contributed by atoms with Crippen molar-refractivity contribution >= 4 is 11.9 Å². The lowest BCUT2D eigenvalue weighted by molar-refractivity contribution is -0.133. The molecule has 1 N–H and O–H groups in total. The van der Waals surface area contributed by atoms with Gasteiger partial charge >= 0.3 is 6.03 Å². The number of urea groups is 1. The van der Waals surface area contributed by atoms with E-state index in [2.05, 4.69) is 41.6 Å². The van der Waals surface area contributed by atoms with E-state index in [1.165, 1.54) is 4.90 Å². The SMILES string of the molecule is CCC(C)(C)C1CCC2(CC1)NC(=O)N(Cc1nnnn1-c1ccccc1)C2=O. The second-order valence-electron chi connectivity index (χ2n) is 8.86. The van der Waals surface area contributed by atoms with Crippen LogP contribution in [0, 0.1) is 11.3 Å². The number of tetrazole rings is 1. The van der Waals surface area contributed by atoms with Crippen LogP contribution in [0.3, 0.4) is 0 Å². The van der Waals surface area contributed by atoms with Crippen LogP contribution in [0.25, 0.3) is 5.69 Å². The van der Waals surface area contributed by atoms with Gasteiger partial charge in [0, 0.05) is 0 Å². The van der Waals surface area contributed by atoms with Crippen LogP contribution in [0.15, 0.2) is 30.3 Å². The van der Waals surface area contributed by atoms with Crippen molar-refractivity contribution in [3.63, 3.8) is 0 Å². The zero-order valence-electron chi connectivity index (χ0n) is 17.3. The standard InChI is InChI=1S/C21H28N6O2/c1-4-20(2,3)15-10-12-21(13-11-15)18(28)26(19(29)22-21)14-17-23-24-25-27(17)16-8-6-5-7-9-16/h5-9,15H,4,10-14H2,1-3H3,(H,22,29). The normalized spacial score (nSPS) is 24.9. The summed E-state index contributed by atoms with van der Waals surface area (Å²) in [7, 11) is 0. The highest BCUT2D eigenvalue weighted by Crippen LogP contribution is 2.45. The van der Waals surface area contributed by atoms with Crippen molar-refractivity contribution in [1.82, 2.24) is 30.4 Å². The summed E-state index contributed by atoms with van der Waals surface area (Å²) in [6, 6.07) is 9.09. The fraction of sp³-hybridized carbons (Fsp3) is 0.571. The highest BCUT2D eigenvalue weighted by molar-refractivity contribution is 6.07. The van der Waals surface area contributed by atoms with Gasteiger partial charge in [0.2, 0.25) is 0 Å². The van der Waals surface area contributed by atoms with Crippen molar-refractivity contribution in [1.29, 1.82) is 0 Å². The monoisotopic (exact) mass is 396 g/mol. The van der Waals surface area contributed by atoms with Crippen LogP contribution >= 0.6 is 0 Å². The summed E-state index contributed by atoms with van der Waals surface area (Å²) in [6.07, 6.45) is 4.38. The minimum atomic E-state index is -0.775. The predicted octanol–water partition coefficient (Wildman–Crippen LogP) is 3.08. The fourth-order valence-corrected chi connectivity index (χ4v) is 4.55. The van der Waals surface area contributed by atoms with Crippen molar-refractivity contribution in [2.45, 2.75) is 65.0 Å². The van der Waals surface area contributed by atoms with Gasteiger partial charge in [0.25, 0.3) is 5.91 Å². The maximum Gasteiger partial charge on any atom is 0.325 e. The third-order valence-electron chi connectivity index (χ3n) is 6.94. The van der Waals surface area contributed by atoms with Gasteiger partial charge < -0.3 is 5.32 Å². The van der Waals surface area contributed by atoms with Gasteiger partial charge in [0.1, 0.15) is 5.54 Å². The lowest BCUT2D eigenvalue weighted by atomic mass is 9.65. The van der Waals surface area contributed by atoms with Crippen molar-refractivity contribution in [3.05, 3.63) is 36.2 Å².